The zero-order chi connectivity index (χ0) is 19.4. The molecular weight excluding hydrogens is 340 g/mol. The lowest BCUT2D eigenvalue weighted by atomic mass is 10.1. The van der Waals surface area contributed by atoms with E-state index in [0.29, 0.717) is 22.4 Å². The molecule has 0 unspecified atom stereocenters. The van der Waals surface area contributed by atoms with Crippen molar-refractivity contribution in [1.82, 2.24) is 20.1 Å². The van der Waals surface area contributed by atoms with E-state index < -0.39 is 23.9 Å². The van der Waals surface area contributed by atoms with Crippen LogP contribution in [-0.2, 0) is 26.1 Å². The highest BCUT2D eigenvalue weighted by Crippen LogP contribution is 2.21. The Bertz CT molecular complexity index is 840. The number of nitrogens with one attached hydrogen (secondary N) is 1. The van der Waals surface area contributed by atoms with Gasteiger partial charge in [-0.1, -0.05) is 0 Å². The number of aromatic nitrogens is 3. The lowest BCUT2D eigenvalue weighted by molar-refractivity contribution is -0.157. The molecule has 9 nitrogen and oxygen atoms in total. The number of amides is 1. The normalized spacial score (nSPS) is 10.8. The molecule has 0 aromatic carbocycles. The maximum absolute atomic E-state index is 12.8. The van der Waals surface area contributed by atoms with Crippen molar-refractivity contribution in [1.29, 1.82) is 0 Å². The second kappa shape index (κ2) is 7.94. The summed E-state index contributed by atoms with van der Waals surface area (Å²) in [6, 6.07) is 0.0441. The first-order valence-electron chi connectivity index (χ1n) is 8.25. The van der Waals surface area contributed by atoms with E-state index in [-0.39, 0.29) is 18.8 Å². The molecule has 1 N–H and O–H groups in total. The number of ether oxygens (including phenoxy) is 2. The van der Waals surface area contributed by atoms with Gasteiger partial charge in [0.15, 0.2) is 5.65 Å². The van der Waals surface area contributed by atoms with E-state index in [1.165, 1.54) is 0 Å². The first kappa shape index (κ1) is 19.4. The van der Waals surface area contributed by atoms with Crippen LogP contribution in [0.25, 0.3) is 11.0 Å². The number of carbonyl (C=O) groups is 3. The van der Waals surface area contributed by atoms with Crippen LogP contribution in [-0.4, -0.2) is 51.9 Å². The van der Waals surface area contributed by atoms with E-state index >= 15 is 0 Å². The number of nitrogens with zero attached hydrogens (tertiary/aromatic N) is 3. The van der Waals surface area contributed by atoms with Gasteiger partial charge in [-0.15, -0.1) is 0 Å². The van der Waals surface area contributed by atoms with E-state index in [4.69, 9.17) is 9.47 Å². The number of pyridine rings is 1. The summed E-state index contributed by atoms with van der Waals surface area (Å²) in [5, 5.41) is 7.24. The summed E-state index contributed by atoms with van der Waals surface area (Å²) < 4.78 is 11.3. The van der Waals surface area contributed by atoms with Crippen LogP contribution >= 0.6 is 0 Å². The first-order valence-corrected chi connectivity index (χ1v) is 8.25. The predicted octanol–water partition coefficient (Wildman–Crippen LogP) is 0.810. The summed E-state index contributed by atoms with van der Waals surface area (Å²) in [7, 11) is 1.73. The molecule has 0 saturated heterocycles. The van der Waals surface area contributed by atoms with Crippen LogP contribution < -0.4 is 5.32 Å². The molecule has 0 fully saturated rings. The van der Waals surface area contributed by atoms with Crippen molar-refractivity contribution in [2.75, 3.05) is 13.2 Å². The third-order valence-corrected chi connectivity index (χ3v) is 3.66. The van der Waals surface area contributed by atoms with Crippen LogP contribution in [0.3, 0.4) is 0 Å². The Morgan fingerprint density at radius 1 is 1.15 bits per heavy atom. The van der Waals surface area contributed by atoms with Crippen molar-refractivity contribution >= 4 is 28.9 Å². The molecule has 140 valence electrons. The third-order valence-electron chi connectivity index (χ3n) is 3.66. The van der Waals surface area contributed by atoms with Gasteiger partial charge < -0.3 is 14.8 Å². The van der Waals surface area contributed by atoms with Crippen LogP contribution in [0.1, 0.15) is 35.6 Å². The Morgan fingerprint density at radius 2 is 1.73 bits per heavy atom. The van der Waals surface area contributed by atoms with Crippen molar-refractivity contribution in [2.45, 2.75) is 33.7 Å². The second-order valence-corrected chi connectivity index (χ2v) is 5.63. The fourth-order valence-corrected chi connectivity index (χ4v) is 2.62. The van der Waals surface area contributed by atoms with Crippen LogP contribution in [0.15, 0.2) is 6.07 Å². The highest BCUT2D eigenvalue weighted by Gasteiger charge is 2.32. The summed E-state index contributed by atoms with van der Waals surface area (Å²) >= 11 is 0. The molecule has 0 aliphatic rings. The molecular formula is C17H22N4O5. The summed E-state index contributed by atoms with van der Waals surface area (Å²) in [6.45, 7) is 6.86. The van der Waals surface area contributed by atoms with Crippen molar-refractivity contribution in [3.63, 3.8) is 0 Å². The van der Waals surface area contributed by atoms with E-state index in [1.54, 1.807) is 45.5 Å². The Labute approximate surface area is 150 Å². The zero-order valence-electron chi connectivity index (χ0n) is 15.5. The van der Waals surface area contributed by atoms with E-state index in [0.717, 1.165) is 0 Å². The van der Waals surface area contributed by atoms with Gasteiger partial charge in [0.05, 0.1) is 29.9 Å². The Balaban J connectivity index is 2.42. The summed E-state index contributed by atoms with van der Waals surface area (Å²) in [6.07, 6.45) is 0. The van der Waals surface area contributed by atoms with Crippen LogP contribution in [0, 0.1) is 13.8 Å². The molecule has 0 atom stereocenters. The van der Waals surface area contributed by atoms with Gasteiger partial charge in [-0.05, 0) is 33.8 Å². The zero-order valence-corrected chi connectivity index (χ0v) is 15.5. The van der Waals surface area contributed by atoms with Gasteiger partial charge in [0, 0.05) is 12.7 Å². The fraction of sp³-hybridized carbons (Fsp3) is 0.471. The quantitative estimate of drug-likeness (QED) is 0.598. The smallest absolute Gasteiger partial charge is 0.340 e. The predicted molar refractivity (Wildman–Crippen MR) is 92.5 cm³/mol. The van der Waals surface area contributed by atoms with Gasteiger partial charge in [0.1, 0.15) is 0 Å². The number of hydrogen-bond acceptors (Lipinski definition) is 7. The van der Waals surface area contributed by atoms with Gasteiger partial charge in [0.25, 0.3) is 5.91 Å². The fourth-order valence-electron chi connectivity index (χ4n) is 2.62. The summed E-state index contributed by atoms with van der Waals surface area (Å²) in [5.41, 5.74) is 2.03. The molecule has 2 aromatic rings. The van der Waals surface area contributed by atoms with Crippen LogP contribution in [0.2, 0.25) is 0 Å². The molecule has 2 rings (SSSR count). The number of aryl methyl sites for hydroxylation is 3. The van der Waals surface area contributed by atoms with Gasteiger partial charge in [-0.25, -0.2) is 14.6 Å². The van der Waals surface area contributed by atoms with Gasteiger partial charge in [0.2, 0.25) is 6.04 Å². The first-order chi connectivity index (χ1) is 12.3. The van der Waals surface area contributed by atoms with Crippen LogP contribution in [0.4, 0.5) is 0 Å². The topological polar surface area (TPSA) is 112 Å². The molecule has 2 heterocycles. The van der Waals surface area contributed by atoms with E-state index in [9.17, 15) is 14.4 Å². The molecule has 0 aliphatic heterocycles. The molecule has 1 amide bonds. The summed E-state index contributed by atoms with van der Waals surface area (Å²) in [5.74, 6) is -2.35. The molecule has 0 aliphatic carbocycles. The maximum atomic E-state index is 12.8. The van der Waals surface area contributed by atoms with Crippen molar-refractivity contribution in [3.05, 3.63) is 23.0 Å². The lowest BCUT2D eigenvalue weighted by Gasteiger charge is -2.16. The number of esters is 2. The highest BCUT2D eigenvalue weighted by molar-refractivity contribution is 6.10. The second-order valence-electron chi connectivity index (χ2n) is 5.63. The number of rotatable bonds is 6. The Morgan fingerprint density at radius 3 is 2.27 bits per heavy atom. The van der Waals surface area contributed by atoms with E-state index in [1.807, 2.05) is 0 Å². The largest absolute Gasteiger partial charge is 0.464 e. The Kier molecular flexibility index (Phi) is 5.91. The number of carbonyl (C=O) groups excluding carboxylic acids is 3. The molecule has 0 spiro atoms. The van der Waals surface area contributed by atoms with Crippen molar-refractivity contribution in [3.8, 4) is 0 Å². The average molecular weight is 362 g/mol. The molecule has 9 heteroatoms. The van der Waals surface area contributed by atoms with Gasteiger partial charge in [-0.2, -0.15) is 5.10 Å². The minimum atomic E-state index is -1.54. The third kappa shape index (κ3) is 3.81. The summed E-state index contributed by atoms with van der Waals surface area (Å²) in [4.78, 5) is 41.3. The average Bonchev–Trinajstić information content (AvgIpc) is 2.86. The molecule has 26 heavy (non-hydrogen) atoms. The molecule has 0 radical (unpaired) electrons. The molecule has 2 aromatic heterocycles. The minimum Gasteiger partial charge on any atom is -0.464 e. The Hall–Kier alpha value is -2.97. The van der Waals surface area contributed by atoms with Gasteiger partial charge in [-0.3, -0.25) is 9.48 Å². The number of fused-ring (bicyclic) bond motifs is 1. The molecule has 0 bridgehead atoms. The highest BCUT2D eigenvalue weighted by atomic mass is 16.6. The van der Waals surface area contributed by atoms with Crippen molar-refractivity contribution < 1.29 is 23.9 Å². The van der Waals surface area contributed by atoms with Gasteiger partial charge >= 0.3 is 11.9 Å². The van der Waals surface area contributed by atoms with Crippen LogP contribution in [0.5, 0.6) is 0 Å². The number of hydrogen-bond donors (Lipinski definition) is 1. The standard InChI is InChI=1S/C17H22N4O5/c1-6-25-16(23)13(17(24)26-7-2)19-15(22)11-8-9(3)18-14-12(11)10(4)20-21(14)5/h8,13H,6-7H2,1-5H3,(H,19,22). The maximum Gasteiger partial charge on any atom is 0.340 e. The SMILES string of the molecule is CCOC(=O)C(NC(=O)c1cc(C)nc2c1c(C)nn2C)C(=O)OCC. The monoisotopic (exact) mass is 362 g/mol. The van der Waals surface area contributed by atoms with E-state index in [2.05, 4.69) is 15.4 Å². The van der Waals surface area contributed by atoms with Crippen molar-refractivity contribution in [2.24, 2.45) is 7.05 Å². The molecule has 0 saturated carbocycles. The minimum absolute atomic E-state index is 0.0743. The lowest BCUT2D eigenvalue weighted by Crippen LogP contribution is -2.48.